The number of hydrogen-bond donors (Lipinski definition) is 1. The van der Waals surface area contributed by atoms with Gasteiger partial charge in [-0.25, -0.2) is 4.79 Å². The van der Waals surface area contributed by atoms with Gasteiger partial charge in [0, 0.05) is 5.56 Å². The van der Waals surface area contributed by atoms with Crippen LogP contribution >= 0.6 is 0 Å². The molecule has 0 atom stereocenters. The maximum Gasteiger partial charge on any atom is 0.416 e. The number of rotatable bonds is 4. The van der Waals surface area contributed by atoms with E-state index >= 15 is 0 Å². The number of nitrogens with one attached hydrogen (secondary N) is 1. The Kier molecular flexibility index (Phi) is 4.75. The van der Waals surface area contributed by atoms with Gasteiger partial charge in [0.1, 0.15) is 5.69 Å². The number of aromatic nitrogens is 3. The van der Waals surface area contributed by atoms with Crippen LogP contribution in [0.1, 0.15) is 23.0 Å². The number of H-pyrrole nitrogens is 1. The van der Waals surface area contributed by atoms with Gasteiger partial charge in [-0.1, -0.05) is 36.4 Å². The molecule has 0 aliphatic carbocycles. The van der Waals surface area contributed by atoms with Gasteiger partial charge in [0.2, 0.25) is 0 Å². The van der Waals surface area contributed by atoms with Crippen molar-refractivity contribution in [2.75, 3.05) is 6.61 Å². The standard InChI is InChI=1S/C18H14F3N3O2/c1-2-26-17(25)16-15(22-24-23-16)14-6-4-3-5-13(14)11-7-9-12(10-8-11)18(19,20)21/h3-10H,2H2,1H3,(H,22,23,24). The number of aromatic amines is 1. The minimum Gasteiger partial charge on any atom is -0.461 e. The van der Waals surface area contributed by atoms with E-state index in [0.29, 0.717) is 16.7 Å². The molecule has 5 nitrogen and oxygen atoms in total. The molecule has 1 heterocycles. The summed E-state index contributed by atoms with van der Waals surface area (Å²) >= 11 is 0. The highest BCUT2D eigenvalue weighted by Gasteiger charge is 2.30. The van der Waals surface area contributed by atoms with Crippen LogP contribution in [0.25, 0.3) is 22.4 Å². The zero-order valence-electron chi connectivity index (χ0n) is 13.7. The average molecular weight is 361 g/mol. The number of nitrogens with zero attached hydrogens (tertiary/aromatic N) is 2. The molecule has 0 bridgehead atoms. The highest BCUT2D eigenvalue weighted by molar-refractivity contribution is 5.96. The number of ether oxygens (including phenoxy) is 1. The number of alkyl halides is 3. The Labute approximate surface area is 146 Å². The molecule has 0 amide bonds. The van der Waals surface area contributed by atoms with Crippen molar-refractivity contribution in [3.05, 3.63) is 59.8 Å². The molecule has 0 saturated heterocycles. The lowest BCUT2D eigenvalue weighted by molar-refractivity contribution is -0.137. The van der Waals surface area contributed by atoms with Crippen LogP contribution in [-0.4, -0.2) is 28.0 Å². The number of carbonyl (C=O) groups excluding carboxylic acids is 1. The Hall–Kier alpha value is -3.16. The summed E-state index contributed by atoms with van der Waals surface area (Å²) in [5, 5.41) is 10.2. The minimum absolute atomic E-state index is 0.0196. The number of carbonyl (C=O) groups is 1. The first-order chi connectivity index (χ1) is 12.4. The molecular weight excluding hydrogens is 347 g/mol. The van der Waals surface area contributed by atoms with E-state index < -0.39 is 17.7 Å². The summed E-state index contributed by atoms with van der Waals surface area (Å²) in [6.07, 6.45) is -4.40. The maximum atomic E-state index is 12.8. The Morgan fingerprint density at radius 1 is 1.04 bits per heavy atom. The molecule has 0 aliphatic heterocycles. The smallest absolute Gasteiger partial charge is 0.416 e. The van der Waals surface area contributed by atoms with Crippen molar-refractivity contribution in [2.24, 2.45) is 0 Å². The third kappa shape index (κ3) is 3.44. The van der Waals surface area contributed by atoms with Crippen LogP contribution in [-0.2, 0) is 10.9 Å². The predicted molar refractivity (Wildman–Crippen MR) is 88.2 cm³/mol. The molecule has 2 aromatic carbocycles. The normalized spacial score (nSPS) is 11.4. The second-order valence-corrected chi connectivity index (χ2v) is 5.36. The van der Waals surface area contributed by atoms with Crippen molar-refractivity contribution in [3.63, 3.8) is 0 Å². The van der Waals surface area contributed by atoms with Crippen LogP contribution in [0.3, 0.4) is 0 Å². The van der Waals surface area contributed by atoms with E-state index in [4.69, 9.17) is 4.74 Å². The predicted octanol–water partition coefficient (Wildman–Crippen LogP) is 4.33. The largest absolute Gasteiger partial charge is 0.461 e. The minimum atomic E-state index is -4.40. The van der Waals surface area contributed by atoms with Gasteiger partial charge in [-0.05, 0) is 30.2 Å². The Morgan fingerprint density at radius 3 is 2.31 bits per heavy atom. The lowest BCUT2D eigenvalue weighted by Crippen LogP contribution is -2.07. The van der Waals surface area contributed by atoms with Crippen LogP contribution in [0.4, 0.5) is 13.2 Å². The monoisotopic (exact) mass is 361 g/mol. The van der Waals surface area contributed by atoms with Gasteiger partial charge in [-0.15, -0.1) is 5.10 Å². The van der Waals surface area contributed by atoms with Crippen molar-refractivity contribution in [3.8, 4) is 22.4 Å². The number of halogens is 3. The van der Waals surface area contributed by atoms with Crippen molar-refractivity contribution in [1.29, 1.82) is 0 Å². The van der Waals surface area contributed by atoms with E-state index in [1.54, 1.807) is 31.2 Å². The van der Waals surface area contributed by atoms with Crippen LogP contribution in [0, 0.1) is 0 Å². The van der Waals surface area contributed by atoms with Gasteiger partial charge in [-0.2, -0.15) is 23.5 Å². The first-order valence-corrected chi connectivity index (χ1v) is 7.76. The summed E-state index contributed by atoms with van der Waals surface area (Å²) in [5.41, 5.74) is 1.31. The number of benzene rings is 2. The molecular formula is C18H14F3N3O2. The van der Waals surface area contributed by atoms with Crippen LogP contribution in [0.15, 0.2) is 48.5 Å². The third-order valence-corrected chi connectivity index (χ3v) is 3.72. The highest BCUT2D eigenvalue weighted by atomic mass is 19.4. The summed E-state index contributed by atoms with van der Waals surface area (Å²) in [5.74, 6) is -0.626. The van der Waals surface area contributed by atoms with Crippen molar-refractivity contribution in [1.82, 2.24) is 15.4 Å². The maximum absolute atomic E-state index is 12.8. The highest BCUT2D eigenvalue weighted by Crippen LogP contribution is 2.35. The van der Waals surface area contributed by atoms with E-state index in [0.717, 1.165) is 12.1 Å². The topological polar surface area (TPSA) is 67.9 Å². The molecule has 0 aliphatic rings. The fourth-order valence-corrected chi connectivity index (χ4v) is 2.54. The Morgan fingerprint density at radius 2 is 1.69 bits per heavy atom. The second kappa shape index (κ2) is 6.99. The van der Waals surface area contributed by atoms with Crippen molar-refractivity contribution < 1.29 is 22.7 Å². The van der Waals surface area contributed by atoms with E-state index in [9.17, 15) is 18.0 Å². The molecule has 3 aromatic rings. The molecule has 134 valence electrons. The SMILES string of the molecule is CCOC(=O)c1n[nH]nc1-c1ccccc1-c1ccc(C(F)(F)F)cc1. The molecule has 3 rings (SSSR count). The summed E-state index contributed by atoms with van der Waals surface area (Å²) in [6, 6.07) is 11.7. The summed E-state index contributed by atoms with van der Waals surface area (Å²) in [4.78, 5) is 12.0. The number of esters is 1. The Bertz CT molecular complexity index is 918. The molecule has 0 saturated carbocycles. The first-order valence-electron chi connectivity index (χ1n) is 7.76. The van der Waals surface area contributed by atoms with E-state index in [1.165, 1.54) is 12.1 Å². The summed E-state index contributed by atoms with van der Waals surface area (Å²) in [7, 11) is 0. The zero-order chi connectivity index (χ0) is 18.7. The van der Waals surface area contributed by atoms with E-state index in [-0.39, 0.29) is 18.0 Å². The first kappa shape index (κ1) is 17.7. The van der Waals surface area contributed by atoms with Crippen molar-refractivity contribution >= 4 is 5.97 Å². The summed E-state index contributed by atoms with van der Waals surface area (Å²) < 4.78 is 43.3. The summed E-state index contributed by atoms with van der Waals surface area (Å²) in [6.45, 7) is 1.86. The fraction of sp³-hybridized carbons (Fsp3) is 0.167. The second-order valence-electron chi connectivity index (χ2n) is 5.36. The number of hydrogen-bond acceptors (Lipinski definition) is 4. The van der Waals surface area contributed by atoms with Crippen molar-refractivity contribution in [2.45, 2.75) is 13.1 Å². The van der Waals surface area contributed by atoms with Crippen LogP contribution in [0.2, 0.25) is 0 Å². The fourth-order valence-electron chi connectivity index (χ4n) is 2.54. The van der Waals surface area contributed by atoms with Crippen LogP contribution in [0.5, 0.6) is 0 Å². The van der Waals surface area contributed by atoms with Gasteiger partial charge in [-0.3, -0.25) is 0 Å². The molecule has 0 fully saturated rings. The zero-order valence-corrected chi connectivity index (χ0v) is 13.7. The van der Waals surface area contributed by atoms with E-state index in [2.05, 4.69) is 15.4 Å². The molecule has 26 heavy (non-hydrogen) atoms. The molecule has 1 aromatic heterocycles. The molecule has 0 spiro atoms. The molecule has 0 unspecified atom stereocenters. The van der Waals surface area contributed by atoms with Gasteiger partial charge in [0.15, 0.2) is 5.69 Å². The lowest BCUT2D eigenvalue weighted by Gasteiger charge is -2.11. The van der Waals surface area contributed by atoms with E-state index in [1.807, 2.05) is 0 Å². The van der Waals surface area contributed by atoms with Gasteiger partial charge >= 0.3 is 12.1 Å². The van der Waals surface area contributed by atoms with Gasteiger partial charge in [0.25, 0.3) is 0 Å². The average Bonchev–Trinajstić information content (AvgIpc) is 3.11. The molecule has 0 radical (unpaired) electrons. The van der Waals surface area contributed by atoms with Gasteiger partial charge < -0.3 is 4.74 Å². The lowest BCUT2D eigenvalue weighted by atomic mass is 9.96. The Balaban J connectivity index is 2.06. The molecule has 8 heteroatoms. The van der Waals surface area contributed by atoms with Crippen LogP contribution < -0.4 is 0 Å². The molecule has 1 N–H and O–H groups in total. The quantitative estimate of drug-likeness (QED) is 0.702. The van der Waals surface area contributed by atoms with Gasteiger partial charge in [0.05, 0.1) is 12.2 Å². The third-order valence-electron chi connectivity index (χ3n) is 3.72.